The van der Waals surface area contributed by atoms with Gasteiger partial charge in [-0.15, -0.1) is 0 Å². The summed E-state index contributed by atoms with van der Waals surface area (Å²) < 4.78 is 8.16. The smallest absolute Gasteiger partial charge is 0.256 e. The molecule has 0 N–H and O–H groups in total. The van der Waals surface area contributed by atoms with Gasteiger partial charge in [0.2, 0.25) is 0 Å². The molecule has 0 aliphatic carbocycles. The lowest BCUT2D eigenvalue weighted by Crippen LogP contribution is -2.53. The van der Waals surface area contributed by atoms with Crippen LogP contribution in [-0.4, -0.2) is 39.0 Å². The zero-order valence-corrected chi connectivity index (χ0v) is 17.4. The molecule has 1 saturated heterocycles. The predicted molar refractivity (Wildman–Crippen MR) is 113 cm³/mol. The Hall–Kier alpha value is -2.92. The summed E-state index contributed by atoms with van der Waals surface area (Å²) in [6.07, 6.45) is 1.64. The van der Waals surface area contributed by atoms with E-state index in [1.54, 1.807) is 6.20 Å². The highest BCUT2D eigenvalue weighted by atomic mass is 16.5. The van der Waals surface area contributed by atoms with Gasteiger partial charge in [-0.25, -0.2) is 4.98 Å². The monoisotopic (exact) mass is 389 g/mol. The largest absolute Gasteiger partial charge is 0.369 e. The van der Waals surface area contributed by atoms with Gasteiger partial charge in [0.25, 0.3) is 5.91 Å². The third kappa shape index (κ3) is 3.47. The number of carbonyl (C=O) groups is 1. The molecule has 29 heavy (non-hydrogen) atoms. The molecule has 1 aliphatic rings. The topological polar surface area (TPSA) is 47.4 Å². The highest BCUT2D eigenvalue weighted by molar-refractivity contribution is 5.96. The fourth-order valence-corrected chi connectivity index (χ4v) is 4.37. The summed E-state index contributed by atoms with van der Waals surface area (Å²) >= 11 is 0. The van der Waals surface area contributed by atoms with Crippen LogP contribution >= 0.6 is 0 Å². The number of aryl methyl sites for hydroxylation is 1. The van der Waals surface area contributed by atoms with E-state index >= 15 is 0 Å². The van der Waals surface area contributed by atoms with Gasteiger partial charge in [-0.05, 0) is 51.5 Å². The third-order valence-electron chi connectivity index (χ3n) is 5.77. The summed E-state index contributed by atoms with van der Waals surface area (Å²) in [6.45, 7) is 8.64. The summed E-state index contributed by atoms with van der Waals surface area (Å²) in [5.74, 6) is 0.872. The molecular formula is C24H27N3O2. The molecular weight excluding hydrogens is 362 g/mol. The minimum atomic E-state index is -0.129. The van der Waals surface area contributed by atoms with Crippen LogP contribution < -0.4 is 0 Å². The van der Waals surface area contributed by atoms with Crippen LogP contribution in [0.25, 0.3) is 5.82 Å². The predicted octanol–water partition coefficient (Wildman–Crippen LogP) is 4.48. The van der Waals surface area contributed by atoms with Crippen molar-refractivity contribution >= 4 is 5.91 Å². The van der Waals surface area contributed by atoms with Crippen LogP contribution in [0.2, 0.25) is 0 Å². The number of nitrogens with zero attached hydrogens (tertiary/aromatic N) is 3. The molecule has 5 nitrogen and oxygen atoms in total. The molecule has 0 unspecified atom stereocenters. The second-order valence-electron chi connectivity index (χ2n) is 7.77. The van der Waals surface area contributed by atoms with Gasteiger partial charge in [-0.3, -0.25) is 4.79 Å². The Labute approximate surface area is 171 Å². The van der Waals surface area contributed by atoms with Crippen molar-refractivity contribution < 1.29 is 9.53 Å². The van der Waals surface area contributed by atoms with Crippen LogP contribution in [-0.2, 0) is 4.74 Å². The van der Waals surface area contributed by atoms with Crippen molar-refractivity contribution in [1.29, 1.82) is 0 Å². The summed E-state index contributed by atoms with van der Waals surface area (Å²) in [4.78, 5) is 20.1. The van der Waals surface area contributed by atoms with E-state index in [9.17, 15) is 4.79 Å². The molecule has 0 spiro atoms. The minimum absolute atomic E-state index is 0.00960. The molecule has 150 valence electrons. The molecule has 4 rings (SSSR count). The van der Waals surface area contributed by atoms with Crippen molar-refractivity contribution in [3.05, 3.63) is 83.3 Å². The van der Waals surface area contributed by atoms with Crippen molar-refractivity contribution in [2.45, 2.75) is 45.9 Å². The fourth-order valence-electron chi connectivity index (χ4n) is 4.37. The van der Waals surface area contributed by atoms with Gasteiger partial charge < -0.3 is 14.2 Å². The van der Waals surface area contributed by atoms with Gasteiger partial charge in [0.05, 0.1) is 24.3 Å². The summed E-state index contributed by atoms with van der Waals surface area (Å²) in [6, 6.07) is 17.9. The van der Waals surface area contributed by atoms with Gasteiger partial charge in [0.1, 0.15) is 11.9 Å². The van der Waals surface area contributed by atoms with E-state index in [2.05, 4.69) is 24.0 Å². The van der Waals surface area contributed by atoms with E-state index in [4.69, 9.17) is 4.74 Å². The molecule has 1 fully saturated rings. The number of aromatic nitrogens is 2. The number of pyridine rings is 1. The number of benzene rings is 1. The van der Waals surface area contributed by atoms with Gasteiger partial charge >= 0.3 is 0 Å². The van der Waals surface area contributed by atoms with Gasteiger partial charge in [0.15, 0.2) is 0 Å². The van der Waals surface area contributed by atoms with E-state index in [0.29, 0.717) is 6.61 Å². The molecule has 3 atom stereocenters. The lowest BCUT2D eigenvalue weighted by molar-refractivity contribution is -0.0806. The molecule has 1 amide bonds. The molecule has 0 saturated carbocycles. The van der Waals surface area contributed by atoms with Crippen molar-refractivity contribution in [2.75, 3.05) is 6.61 Å². The van der Waals surface area contributed by atoms with E-state index in [0.717, 1.165) is 28.3 Å². The average Bonchev–Trinajstić information content (AvgIpc) is 3.03. The maximum absolute atomic E-state index is 13.7. The summed E-state index contributed by atoms with van der Waals surface area (Å²) in [5, 5.41) is 0. The van der Waals surface area contributed by atoms with Crippen LogP contribution in [0.3, 0.4) is 0 Å². The molecule has 1 aliphatic heterocycles. The highest BCUT2D eigenvalue weighted by Crippen LogP contribution is 2.33. The summed E-state index contributed by atoms with van der Waals surface area (Å²) in [5.41, 5.74) is 3.73. The van der Waals surface area contributed by atoms with Crippen LogP contribution in [0.5, 0.6) is 0 Å². The molecule has 3 heterocycles. The maximum atomic E-state index is 13.7. The van der Waals surface area contributed by atoms with Crippen LogP contribution in [0.1, 0.15) is 47.3 Å². The second-order valence-corrected chi connectivity index (χ2v) is 7.77. The summed E-state index contributed by atoms with van der Waals surface area (Å²) in [7, 11) is 0. The van der Waals surface area contributed by atoms with Crippen LogP contribution in [0.15, 0.2) is 60.8 Å². The minimum Gasteiger partial charge on any atom is -0.369 e. The standard InChI is InChI=1S/C24H27N3O2/c1-16-14-21(18(3)26(16)22-12-8-9-13-25-22)24(28)27-17(2)15-29-23(19(27)4)20-10-6-5-7-11-20/h5-14,17,19,23H,15H2,1-4H3/t17-,19-,23+/m1/s1. The maximum Gasteiger partial charge on any atom is 0.256 e. The van der Waals surface area contributed by atoms with Crippen molar-refractivity contribution in [3.63, 3.8) is 0 Å². The normalized spacial score (nSPS) is 21.9. The van der Waals surface area contributed by atoms with Crippen molar-refractivity contribution in [1.82, 2.24) is 14.5 Å². The first-order chi connectivity index (χ1) is 14.0. The first-order valence-electron chi connectivity index (χ1n) is 10.1. The van der Waals surface area contributed by atoms with Gasteiger partial charge in [0, 0.05) is 17.6 Å². The van der Waals surface area contributed by atoms with Crippen LogP contribution in [0.4, 0.5) is 0 Å². The van der Waals surface area contributed by atoms with Crippen LogP contribution in [0, 0.1) is 13.8 Å². The molecule has 0 radical (unpaired) electrons. The van der Waals surface area contributed by atoms with Crippen molar-refractivity contribution in [3.8, 4) is 5.82 Å². The Morgan fingerprint density at radius 1 is 1.07 bits per heavy atom. The van der Waals surface area contributed by atoms with Crippen molar-refractivity contribution in [2.24, 2.45) is 0 Å². The molecule has 5 heteroatoms. The number of morpholine rings is 1. The highest BCUT2D eigenvalue weighted by Gasteiger charge is 2.38. The van der Waals surface area contributed by atoms with Gasteiger partial charge in [-0.2, -0.15) is 0 Å². The number of carbonyl (C=O) groups excluding carboxylic acids is 1. The Balaban J connectivity index is 1.68. The lowest BCUT2D eigenvalue weighted by atomic mass is 9.97. The fraction of sp³-hybridized carbons (Fsp3) is 0.333. The molecule has 0 bridgehead atoms. The van der Waals surface area contributed by atoms with E-state index < -0.39 is 0 Å². The molecule has 1 aromatic carbocycles. The van der Waals surface area contributed by atoms with Gasteiger partial charge in [-0.1, -0.05) is 36.4 Å². The Morgan fingerprint density at radius 2 is 1.79 bits per heavy atom. The number of hydrogen-bond donors (Lipinski definition) is 0. The molecule has 2 aromatic heterocycles. The first-order valence-corrected chi connectivity index (χ1v) is 10.1. The average molecular weight is 389 g/mol. The second kappa shape index (κ2) is 7.84. The number of ether oxygens (including phenoxy) is 1. The number of hydrogen-bond acceptors (Lipinski definition) is 3. The SMILES string of the molecule is Cc1cc(C(=O)N2[C@H](C)CO[C@H](c3ccccc3)[C@H]2C)c(C)n1-c1ccccn1. The van der Waals surface area contributed by atoms with E-state index in [1.165, 1.54) is 0 Å². The first kappa shape index (κ1) is 19.4. The zero-order valence-electron chi connectivity index (χ0n) is 17.4. The number of rotatable bonds is 3. The Morgan fingerprint density at radius 3 is 2.48 bits per heavy atom. The Bertz CT molecular complexity index is 998. The third-order valence-corrected chi connectivity index (χ3v) is 5.77. The molecule has 3 aromatic rings. The quantitative estimate of drug-likeness (QED) is 0.664. The zero-order chi connectivity index (χ0) is 20.5. The number of amides is 1. The van der Waals surface area contributed by atoms with E-state index in [1.807, 2.05) is 72.7 Å². The lowest BCUT2D eigenvalue weighted by Gasteiger charge is -2.44. The Kier molecular flexibility index (Phi) is 5.24. The van der Waals surface area contributed by atoms with E-state index in [-0.39, 0.29) is 24.1 Å².